The average molecular weight is 259 g/mol. The number of ether oxygens (including phenoxy) is 2. The summed E-state index contributed by atoms with van der Waals surface area (Å²) >= 11 is 1.66. The van der Waals surface area contributed by atoms with E-state index in [9.17, 15) is 0 Å². The van der Waals surface area contributed by atoms with Crippen LogP contribution < -0.4 is 10.2 Å². The van der Waals surface area contributed by atoms with E-state index >= 15 is 0 Å². The van der Waals surface area contributed by atoms with E-state index in [1.807, 2.05) is 7.05 Å². The maximum Gasteiger partial charge on any atom is 0.185 e. The summed E-state index contributed by atoms with van der Waals surface area (Å²) in [6, 6.07) is 0. The summed E-state index contributed by atoms with van der Waals surface area (Å²) in [4.78, 5) is 6.65. The van der Waals surface area contributed by atoms with Crippen LogP contribution in [0.1, 0.15) is 5.69 Å². The van der Waals surface area contributed by atoms with E-state index in [4.69, 9.17) is 9.47 Å². The topological polar surface area (TPSA) is 46.6 Å². The molecule has 0 atom stereocenters. The summed E-state index contributed by atoms with van der Waals surface area (Å²) in [5.41, 5.74) is 1.07. The van der Waals surface area contributed by atoms with Gasteiger partial charge in [0.1, 0.15) is 0 Å². The molecule has 1 aromatic rings. The van der Waals surface area contributed by atoms with Gasteiger partial charge in [-0.05, 0) is 0 Å². The molecule has 17 heavy (non-hydrogen) atoms. The van der Waals surface area contributed by atoms with Crippen LogP contribution in [0.5, 0.6) is 0 Å². The molecule has 1 heterocycles. The van der Waals surface area contributed by atoms with E-state index < -0.39 is 0 Å². The molecule has 0 fully saturated rings. The number of rotatable bonds is 9. The van der Waals surface area contributed by atoms with E-state index in [2.05, 4.69) is 20.6 Å². The van der Waals surface area contributed by atoms with Crippen LogP contribution >= 0.6 is 11.3 Å². The SMILES string of the molecule is COCCNCc1csc(N(C)CCOC)n1. The lowest BCUT2D eigenvalue weighted by Gasteiger charge is -2.14. The van der Waals surface area contributed by atoms with Crippen molar-refractivity contribution in [3.8, 4) is 0 Å². The van der Waals surface area contributed by atoms with E-state index in [1.165, 1.54) is 0 Å². The molecule has 0 aliphatic carbocycles. The standard InChI is InChI=1S/C11H21N3O2S/c1-14(5-7-16-3)11-13-10(9-17-11)8-12-4-6-15-2/h9,12H,4-8H2,1-3H3. The Hall–Kier alpha value is -0.690. The Kier molecular flexibility index (Phi) is 7.11. The molecule has 1 rings (SSSR count). The van der Waals surface area contributed by atoms with Gasteiger partial charge in [0.2, 0.25) is 0 Å². The molecule has 98 valence electrons. The molecule has 0 saturated carbocycles. The lowest BCUT2D eigenvalue weighted by molar-refractivity contribution is 0.199. The van der Waals surface area contributed by atoms with E-state index in [1.54, 1.807) is 25.6 Å². The van der Waals surface area contributed by atoms with Gasteiger partial charge in [0.25, 0.3) is 0 Å². The second kappa shape index (κ2) is 8.41. The third-order valence-electron chi connectivity index (χ3n) is 2.29. The van der Waals surface area contributed by atoms with E-state index in [-0.39, 0.29) is 0 Å². The number of nitrogens with zero attached hydrogens (tertiary/aromatic N) is 2. The number of aromatic nitrogens is 1. The number of hydrogen-bond donors (Lipinski definition) is 1. The molecule has 0 radical (unpaired) electrons. The van der Waals surface area contributed by atoms with Crippen molar-refractivity contribution in [3.05, 3.63) is 11.1 Å². The van der Waals surface area contributed by atoms with Gasteiger partial charge < -0.3 is 19.7 Å². The molecule has 0 aliphatic rings. The van der Waals surface area contributed by atoms with Gasteiger partial charge in [-0.15, -0.1) is 11.3 Å². The van der Waals surface area contributed by atoms with Crippen LogP contribution in [0.2, 0.25) is 0 Å². The van der Waals surface area contributed by atoms with Crippen molar-refractivity contribution in [1.29, 1.82) is 0 Å². The summed E-state index contributed by atoms with van der Waals surface area (Å²) in [7, 11) is 5.44. The summed E-state index contributed by atoms with van der Waals surface area (Å²) in [5, 5.41) is 6.39. The van der Waals surface area contributed by atoms with Crippen LogP contribution in [0, 0.1) is 0 Å². The maximum atomic E-state index is 5.04. The van der Waals surface area contributed by atoms with Gasteiger partial charge in [0.15, 0.2) is 5.13 Å². The zero-order chi connectivity index (χ0) is 12.5. The van der Waals surface area contributed by atoms with Crippen LogP contribution in [0.4, 0.5) is 5.13 Å². The fraction of sp³-hybridized carbons (Fsp3) is 0.727. The lowest BCUT2D eigenvalue weighted by atomic mass is 10.5. The molecule has 0 saturated heterocycles. The van der Waals surface area contributed by atoms with Crippen LogP contribution in [0.15, 0.2) is 5.38 Å². The molecule has 0 amide bonds. The third-order valence-corrected chi connectivity index (χ3v) is 3.29. The predicted molar refractivity (Wildman–Crippen MR) is 70.8 cm³/mol. The third kappa shape index (κ3) is 5.45. The first-order chi connectivity index (χ1) is 8.27. The molecule has 0 bridgehead atoms. The summed E-state index contributed by atoms with van der Waals surface area (Å²) in [6.07, 6.45) is 0. The average Bonchev–Trinajstić information content (AvgIpc) is 2.80. The molecule has 6 heteroatoms. The summed E-state index contributed by atoms with van der Waals surface area (Å²) in [5.74, 6) is 0. The Bertz CT molecular complexity index is 307. The highest BCUT2D eigenvalue weighted by molar-refractivity contribution is 7.13. The Morgan fingerprint density at radius 1 is 1.35 bits per heavy atom. The van der Waals surface area contributed by atoms with Gasteiger partial charge in [-0.3, -0.25) is 0 Å². The van der Waals surface area contributed by atoms with Crippen molar-refractivity contribution in [3.63, 3.8) is 0 Å². The first kappa shape index (κ1) is 14.4. The Labute approximate surface area is 107 Å². The number of thiazole rings is 1. The van der Waals surface area contributed by atoms with Crippen LogP contribution in [-0.2, 0) is 16.0 Å². The fourth-order valence-corrected chi connectivity index (χ4v) is 2.09. The van der Waals surface area contributed by atoms with Crippen molar-refractivity contribution < 1.29 is 9.47 Å². The highest BCUT2D eigenvalue weighted by atomic mass is 32.1. The van der Waals surface area contributed by atoms with Gasteiger partial charge in [-0.1, -0.05) is 0 Å². The fourth-order valence-electron chi connectivity index (χ4n) is 1.27. The smallest absolute Gasteiger partial charge is 0.185 e. The number of hydrogen-bond acceptors (Lipinski definition) is 6. The van der Waals surface area contributed by atoms with Crippen LogP contribution in [-0.4, -0.2) is 52.6 Å². The van der Waals surface area contributed by atoms with Crippen molar-refractivity contribution in [2.24, 2.45) is 0 Å². The van der Waals surface area contributed by atoms with Gasteiger partial charge in [0.05, 0.1) is 18.9 Å². The van der Waals surface area contributed by atoms with E-state index in [0.29, 0.717) is 0 Å². The molecular weight excluding hydrogens is 238 g/mol. The normalized spacial score (nSPS) is 10.8. The largest absolute Gasteiger partial charge is 0.383 e. The Morgan fingerprint density at radius 3 is 2.82 bits per heavy atom. The van der Waals surface area contributed by atoms with Gasteiger partial charge in [-0.25, -0.2) is 4.98 Å². The first-order valence-electron chi connectivity index (χ1n) is 5.62. The van der Waals surface area contributed by atoms with E-state index in [0.717, 1.165) is 43.7 Å². The summed E-state index contributed by atoms with van der Waals surface area (Å²) in [6.45, 7) is 3.95. The Balaban J connectivity index is 2.31. The van der Waals surface area contributed by atoms with Gasteiger partial charge >= 0.3 is 0 Å². The monoisotopic (exact) mass is 259 g/mol. The minimum atomic E-state index is 0.720. The predicted octanol–water partition coefficient (Wildman–Crippen LogP) is 0.962. The van der Waals surface area contributed by atoms with Gasteiger partial charge in [-0.2, -0.15) is 0 Å². The second-order valence-corrected chi connectivity index (χ2v) is 4.54. The number of nitrogens with one attached hydrogen (secondary N) is 1. The number of anilines is 1. The highest BCUT2D eigenvalue weighted by Gasteiger charge is 2.06. The van der Waals surface area contributed by atoms with Crippen LogP contribution in [0.3, 0.4) is 0 Å². The Morgan fingerprint density at radius 2 is 2.12 bits per heavy atom. The van der Waals surface area contributed by atoms with Crippen molar-refractivity contribution in [2.45, 2.75) is 6.54 Å². The second-order valence-electron chi connectivity index (χ2n) is 3.71. The molecule has 5 nitrogen and oxygen atoms in total. The molecule has 0 aliphatic heterocycles. The molecule has 1 N–H and O–H groups in total. The number of methoxy groups -OCH3 is 2. The molecule has 1 aromatic heterocycles. The zero-order valence-electron chi connectivity index (χ0n) is 10.7. The minimum absolute atomic E-state index is 0.720. The maximum absolute atomic E-state index is 5.04. The highest BCUT2D eigenvalue weighted by Crippen LogP contribution is 2.18. The quantitative estimate of drug-likeness (QED) is 0.669. The summed E-state index contributed by atoms with van der Waals surface area (Å²) < 4.78 is 10.0. The van der Waals surface area contributed by atoms with Crippen LogP contribution in [0.25, 0.3) is 0 Å². The van der Waals surface area contributed by atoms with Crippen molar-refractivity contribution in [2.75, 3.05) is 52.5 Å². The molecule has 0 aromatic carbocycles. The molecule has 0 unspecified atom stereocenters. The van der Waals surface area contributed by atoms with Gasteiger partial charge in [0, 0.05) is 46.3 Å². The minimum Gasteiger partial charge on any atom is -0.383 e. The zero-order valence-corrected chi connectivity index (χ0v) is 11.5. The molecule has 0 spiro atoms. The van der Waals surface area contributed by atoms with Crippen molar-refractivity contribution in [1.82, 2.24) is 10.3 Å². The van der Waals surface area contributed by atoms with Crippen molar-refractivity contribution >= 4 is 16.5 Å². The number of likely N-dealkylation sites (N-methyl/N-ethyl adjacent to an activating group) is 1. The molecular formula is C11H21N3O2S. The first-order valence-corrected chi connectivity index (χ1v) is 6.50. The lowest BCUT2D eigenvalue weighted by Crippen LogP contribution is -2.22.